The smallest absolute Gasteiger partial charge is 0.257 e. The number of nitrogens with zero attached hydrogens (tertiary/aromatic N) is 2. The second kappa shape index (κ2) is 8.53. The molecule has 0 aliphatic carbocycles. The van der Waals surface area contributed by atoms with Gasteiger partial charge < -0.3 is 24.3 Å². The normalized spacial score (nSPS) is 14.1. The zero-order valence-corrected chi connectivity index (χ0v) is 14.8. The molecule has 0 unspecified atom stereocenters. The van der Waals surface area contributed by atoms with Crippen LogP contribution in [0.3, 0.4) is 0 Å². The highest BCUT2D eigenvalue weighted by Gasteiger charge is 2.18. The molecule has 2 aromatic rings. The Morgan fingerprint density at radius 3 is 2.50 bits per heavy atom. The zero-order valence-electron chi connectivity index (χ0n) is 14.8. The van der Waals surface area contributed by atoms with Crippen LogP contribution in [-0.4, -0.2) is 56.1 Å². The number of nitrogens with one attached hydrogen (secondary N) is 1. The minimum atomic E-state index is -0.234. The van der Waals surface area contributed by atoms with Crippen LogP contribution in [0.25, 0.3) is 0 Å². The largest absolute Gasteiger partial charge is 0.472 e. The molecular formula is C19H23N3O4. The minimum absolute atomic E-state index is 0.00821. The molecule has 0 saturated carbocycles. The van der Waals surface area contributed by atoms with E-state index in [0.29, 0.717) is 17.8 Å². The third-order valence-electron chi connectivity index (χ3n) is 4.30. The van der Waals surface area contributed by atoms with Crippen LogP contribution in [0.4, 0.5) is 11.4 Å². The van der Waals surface area contributed by atoms with E-state index in [1.54, 1.807) is 6.07 Å². The second-order valence-corrected chi connectivity index (χ2v) is 6.03. The van der Waals surface area contributed by atoms with Gasteiger partial charge in [0, 0.05) is 31.0 Å². The molecule has 1 N–H and O–H groups in total. The molecule has 2 amide bonds. The summed E-state index contributed by atoms with van der Waals surface area (Å²) < 4.78 is 10.3. The average molecular weight is 357 g/mol. The lowest BCUT2D eigenvalue weighted by Crippen LogP contribution is -2.37. The first kappa shape index (κ1) is 18.0. The van der Waals surface area contributed by atoms with E-state index in [9.17, 15) is 9.59 Å². The maximum absolute atomic E-state index is 12.3. The summed E-state index contributed by atoms with van der Waals surface area (Å²) in [7, 11) is 0. The molecule has 0 spiro atoms. The first-order valence-electron chi connectivity index (χ1n) is 8.71. The van der Waals surface area contributed by atoms with Crippen molar-refractivity contribution in [3.05, 3.63) is 48.4 Å². The lowest BCUT2D eigenvalue weighted by molar-refractivity contribution is -0.116. The predicted octanol–water partition coefficient (Wildman–Crippen LogP) is 2.22. The lowest BCUT2D eigenvalue weighted by atomic mass is 10.2. The standard InChI is InChI=1S/C19H23N3O4/c1-2-21(19(24)15-7-10-26-14-15)13-18(23)20-16-3-5-17(6-4-16)22-8-11-25-12-9-22/h3-7,10,14H,2,8-9,11-13H2,1H3,(H,20,23). The summed E-state index contributed by atoms with van der Waals surface area (Å²) in [5, 5.41) is 2.84. The Morgan fingerprint density at radius 1 is 1.15 bits per heavy atom. The summed E-state index contributed by atoms with van der Waals surface area (Å²) in [6, 6.07) is 9.30. The summed E-state index contributed by atoms with van der Waals surface area (Å²) in [6.45, 7) is 5.47. The SMILES string of the molecule is CCN(CC(=O)Nc1ccc(N2CCOCC2)cc1)C(=O)c1ccoc1. The molecule has 2 heterocycles. The fourth-order valence-electron chi connectivity index (χ4n) is 2.85. The van der Waals surface area contributed by atoms with Crippen LogP contribution in [0, 0.1) is 0 Å². The highest BCUT2D eigenvalue weighted by atomic mass is 16.5. The van der Waals surface area contributed by atoms with E-state index in [2.05, 4.69) is 10.2 Å². The molecule has 0 radical (unpaired) electrons. The first-order chi connectivity index (χ1) is 12.7. The highest BCUT2D eigenvalue weighted by Crippen LogP contribution is 2.19. The van der Waals surface area contributed by atoms with Crippen LogP contribution in [0.5, 0.6) is 0 Å². The van der Waals surface area contributed by atoms with Crippen molar-refractivity contribution in [2.75, 3.05) is 49.6 Å². The lowest BCUT2D eigenvalue weighted by Gasteiger charge is -2.29. The van der Waals surface area contributed by atoms with Gasteiger partial charge in [0.2, 0.25) is 5.91 Å². The van der Waals surface area contributed by atoms with Crippen LogP contribution >= 0.6 is 0 Å². The number of likely N-dealkylation sites (N-methyl/N-ethyl adjacent to an activating group) is 1. The van der Waals surface area contributed by atoms with E-state index in [4.69, 9.17) is 9.15 Å². The third-order valence-corrected chi connectivity index (χ3v) is 4.30. The maximum atomic E-state index is 12.3. The van der Waals surface area contributed by atoms with Crippen LogP contribution < -0.4 is 10.2 Å². The van der Waals surface area contributed by atoms with Gasteiger partial charge in [-0.2, -0.15) is 0 Å². The number of carbonyl (C=O) groups excluding carboxylic acids is 2. The van der Waals surface area contributed by atoms with Crippen LogP contribution in [-0.2, 0) is 9.53 Å². The number of furan rings is 1. The van der Waals surface area contributed by atoms with Gasteiger partial charge in [0.15, 0.2) is 0 Å². The van der Waals surface area contributed by atoms with Crippen molar-refractivity contribution in [3.63, 3.8) is 0 Å². The number of carbonyl (C=O) groups is 2. The van der Waals surface area contributed by atoms with Gasteiger partial charge in [-0.1, -0.05) is 0 Å². The number of ether oxygens (including phenoxy) is 1. The van der Waals surface area contributed by atoms with E-state index in [1.165, 1.54) is 17.4 Å². The number of hydrogen-bond acceptors (Lipinski definition) is 5. The monoisotopic (exact) mass is 357 g/mol. The zero-order chi connectivity index (χ0) is 18.4. The Hall–Kier alpha value is -2.80. The number of hydrogen-bond donors (Lipinski definition) is 1. The fraction of sp³-hybridized carbons (Fsp3) is 0.368. The molecule has 7 heteroatoms. The Morgan fingerprint density at radius 2 is 1.88 bits per heavy atom. The van der Waals surface area contributed by atoms with Gasteiger partial charge in [-0.3, -0.25) is 9.59 Å². The van der Waals surface area contributed by atoms with Crippen LogP contribution in [0.1, 0.15) is 17.3 Å². The summed E-state index contributed by atoms with van der Waals surface area (Å²) >= 11 is 0. The number of benzene rings is 1. The van der Waals surface area contributed by atoms with E-state index in [0.717, 1.165) is 32.0 Å². The number of amides is 2. The van der Waals surface area contributed by atoms with Crippen LogP contribution in [0.2, 0.25) is 0 Å². The van der Waals surface area contributed by atoms with Gasteiger partial charge in [0.05, 0.1) is 25.0 Å². The average Bonchev–Trinajstić information content (AvgIpc) is 3.22. The van der Waals surface area contributed by atoms with Gasteiger partial charge in [-0.05, 0) is 37.3 Å². The van der Waals surface area contributed by atoms with Crippen molar-refractivity contribution in [1.29, 1.82) is 0 Å². The van der Waals surface area contributed by atoms with Crippen molar-refractivity contribution in [2.45, 2.75) is 6.92 Å². The third kappa shape index (κ3) is 4.43. The van der Waals surface area contributed by atoms with Crippen LogP contribution in [0.15, 0.2) is 47.3 Å². The van der Waals surface area contributed by atoms with E-state index in [-0.39, 0.29) is 18.4 Å². The first-order valence-corrected chi connectivity index (χ1v) is 8.71. The van der Waals surface area contributed by atoms with Gasteiger partial charge >= 0.3 is 0 Å². The molecular weight excluding hydrogens is 334 g/mol. The van der Waals surface area contributed by atoms with Gasteiger partial charge in [-0.15, -0.1) is 0 Å². The van der Waals surface area contributed by atoms with Crippen molar-refractivity contribution in [3.8, 4) is 0 Å². The number of morpholine rings is 1. The molecule has 3 rings (SSSR count). The predicted molar refractivity (Wildman–Crippen MR) is 98.4 cm³/mol. The minimum Gasteiger partial charge on any atom is -0.472 e. The molecule has 1 saturated heterocycles. The molecule has 1 aliphatic rings. The quantitative estimate of drug-likeness (QED) is 0.858. The summed E-state index contributed by atoms with van der Waals surface area (Å²) in [5.74, 6) is -0.457. The molecule has 138 valence electrons. The Balaban J connectivity index is 1.56. The van der Waals surface area contributed by atoms with Gasteiger partial charge in [0.1, 0.15) is 12.8 Å². The highest BCUT2D eigenvalue weighted by molar-refractivity contribution is 5.99. The molecule has 0 atom stereocenters. The maximum Gasteiger partial charge on any atom is 0.257 e. The number of anilines is 2. The van der Waals surface area contributed by atoms with Crippen molar-refractivity contribution < 1.29 is 18.7 Å². The summed E-state index contributed by atoms with van der Waals surface area (Å²) in [4.78, 5) is 28.3. The molecule has 26 heavy (non-hydrogen) atoms. The Kier molecular flexibility index (Phi) is 5.91. The topological polar surface area (TPSA) is 75.0 Å². The Bertz CT molecular complexity index is 722. The Labute approximate surface area is 152 Å². The molecule has 1 aromatic heterocycles. The molecule has 0 bridgehead atoms. The fourth-order valence-corrected chi connectivity index (χ4v) is 2.85. The number of rotatable bonds is 6. The van der Waals surface area contributed by atoms with Gasteiger partial charge in [0.25, 0.3) is 5.91 Å². The van der Waals surface area contributed by atoms with E-state index >= 15 is 0 Å². The molecule has 1 aromatic carbocycles. The molecule has 7 nitrogen and oxygen atoms in total. The van der Waals surface area contributed by atoms with Crippen molar-refractivity contribution in [1.82, 2.24) is 4.90 Å². The molecule has 1 fully saturated rings. The van der Waals surface area contributed by atoms with Gasteiger partial charge in [-0.25, -0.2) is 0 Å². The second-order valence-electron chi connectivity index (χ2n) is 6.03. The van der Waals surface area contributed by atoms with Crippen molar-refractivity contribution in [2.24, 2.45) is 0 Å². The van der Waals surface area contributed by atoms with E-state index < -0.39 is 0 Å². The summed E-state index contributed by atoms with van der Waals surface area (Å²) in [5.41, 5.74) is 2.25. The van der Waals surface area contributed by atoms with Crippen molar-refractivity contribution >= 4 is 23.2 Å². The molecule has 1 aliphatic heterocycles. The van der Waals surface area contributed by atoms with E-state index in [1.807, 2.05) is 31.2 Å². The summed E-state index contributed by atoms with van der Waals surface area (Å²) in [6.07, 6.45) is 2.82.